The van der Waals surface area contributed by atoms with Crippen molar-refractivity contribution >= 4 is 16.9 Å². The topological polar surface area (TPSA) is 38.1 Å². The lowest BCUT2D eigenvalue weighted by atomic mass is 10.1. The number of imidazole rings is 1. The summed E-state index contributed by atoms with van der Waals surface area (Å²) in [5.41, 5.74) is 2.40. The molecule has 6 heteroatoms. The molecule has 0 aliphatic rings. The summed E-state index contributed by atoms with van der Waals surface area (Å²) in [5, 5.41) is 0. The molecule has 4 nitrogen and oxygen atoms in total. The van der Waals surface area contributed by atoms with Gasteiger partial charge in [-0.15, -0.1) is 0 Å². The number of unbranched alkanes of at least 4 members (excludes halogenated alkanes) is 2. The number of hydrogen-bond acceptors (Lipinski definition) is 2. The SMILES string of the molecule is CCCCCN(Cc1nc2ccccc2n1-c1ccccc1)C(=O)c1cc(F)ccc1F. The van der Waals surface area contributed by atoms with Crippen molar-refractivity contribution in [2.75, 3.05) is 6.54 Å². The van der Waals surface area contributed by atoms with Crippen molar-refractivity contribution in [1.29, 1.82) is 0 Å². The van der Waals surface area contributed by atoms with Crippen molar-refractivity contribution in [1.82, 2.24) is 14.5 Å². The maximum Gasteiger partial charge on any atom is 0.257 e. The molecule has 1 heterocycles. The van der Waals surface area contributed by atoms with Crippen LogP contribution in [0, 0.1) is 11.6 Å². The molecule has 0 aliphatic carbocycles. The van der Waals surface area contributed by atoms with Crippen molar-refractivity contribution in [3.63, 3.8) is 0 Å². The van der Waals surface area contributed by atoms with Crippen molar-refractivity contribution in [3.05, 3.63) is 95.8 Å². The van der Waals surface area contributed by atoms with Gasteiger partial charge in [0.25, 0.3) is 5.91 Å². The Labute approximate surface area is 186 Å². The van der Waals surface area contributed by atoms with Gasteiger partial charge in [-0.2, -0.15) is 0 Å². The zero-order chi connectivity index (χ0) is 22.5. The molecular formula is C26H25F2N3O. The Bertz CT molecular complexity index is 1220. The van der Waals surface area contributed by atoms with Gasteiger partial charge in [0.1, 0.15) is 17.5 Å². The van der Waals surface area contributed by atoms with E-state index in [4.69, 9.17) is 4.98 Å². The summed E-state index contributed by atoms with van der Waals surface area (Å²) >= 11 is 0. The number of carbonyl (C=O) groups excluding carboxylic acids is 1. The first-order chi connectivity index (χ1) is 15.6. The Balaban J connectivity index is 1.75. The molecule has 1 amide bonds. The molecule has 0 N–H and O–H groups in total. The molecule has 0 aliphatic heterocycles. The van der Waals surface area contributed by atoms with E-state index in [0.717, 1.165) is 54.2 Å². The standard InChI is InChI=1S/C26H25F2N3O/c1-2-3-9-16-30(26(32)21-17-19(27)14-15-22(21)28)18-25-29-23-12-7-8-13-24(23)31(25)20-10-5-4-6-11-20/h4-8,10-15,17H,2-3,9,16,18H2,1H3. The van der Waals surface area contributed by atoms with Gasteiger partial charge in [-0.3, -0.25) is 9.36 Å². The summed E-state index contributed by atoms with van der Waals surface area (Å²) in [6.07, 6.45) is 2.69. The number of aromatic nitrogens is 2. The fourth-order valence-electron chi connectivity index (χ4n) is 3.85. The molecule has 0 saturated carbocycles. The largest absolute Gasteiger partial charge is 0.331 e. The summed E-state index contributed by atoms with van der Waals surface area (Å²) < 4.78 is 30.2. The number of rotatable bonds is 8. The van der Waals surface area contributed by atoms with Gasteiger partial charge in [-0.1, -0.05) is 50.1 Å². The van der Waals surface area contributed by atoms with Crippen molar-refractivity contribution < 1.29 is 13.6 Å². The maximum absolute atomic E-state index is 14.4. The summed E-state index contributed by atoms with van der Waals surface area (Å²) in [6.45, 7) is 2.69. The van der Waals surface area contributed by atoms with Crippen LogP contribution in [0.15, 0.2) is 72.8 Å². The van der Waals surface area contributed by atoms with Crippen LogP contribution in [0.3, 0.4) is 0 Å². The van der Waals surface area contributed by atoms with Crippen LogP contribution in [0.1, 0.15) is 42.4 Å². The van der Waals surface area contributed by atoms with E-state index < -0.39 is 17.5 Å². The summed E-state index contributed by atoms with van der Waals surface area (Å²) in [5.74, 6) is -1.24. The van der Waals surface area contributed by atoms with Crippen LogP contribution in [0.5, 0.6) is 0 Å². The lowest BCUT2D eigenvalue weighted by Crippen LogP contribution is -2.33. The Morgan fingerprint density at radius 2 is 1.72 bits per heavy atom. The quantitative estimate of drug-likeness (QED) is 0.313. The molecule has 164 valence electrons. The van der Waals surface area contributed by atoms with Crippen LogP contribution in [0.4, 0.5) is 8.78 Å². The van der Waals surface area contributed by atoms with E-state index in [1.165, 1.54) is 0 Å². The molecule has 0 spiro atoms. The van der Waals surface area contributed by atoms with Gasteiger partial charge in [0.2, 0.25) is 0 Å². The fraction of sp³-hybridized carbons (Fsp3) is 0.231. The third kappa shape index (κ3) is 4.54. The third-order valence-electron chi connectivity index (χ3n) is 5.45. The number of benzene rings is 3. The highest BCUT2D eigenvalue weighted by Crippen LogP contribution is 2.24. The monoisotopic (exact) mass is 433 g/mol. The molecular weight excluding hydrogens is 408 g/mol. The molecule has 4 rings (SSSR count). The predicted molar refractivity (Wildman–Crippen MR) is 122 cm³/mol. The number of amides is 1. The maximum atomic E-state index is 14.4. The zero-order valence-electron chi connectivity index (χ0n) is 18.0. The minimum absolute atomic E-state index is 0.183. The second-order valence-corrected chi connectivity index (χ2v) is 7.75. The molecule has 3 aromatic carbocycles. The van der Waals surface area contributed by atoms with Crippen LogP contribution in [-0.2, 0) is 6.54 Å². The molecule has 0 saturated heterocycles. The number of hydrogen-bond donors (Lipinski definition) is 0. The van der Waals surface area contributed by atoms with Gasteiger partial charge in [0.15, 0.2) is 0 Å². The summed E-state index contributed by atoms with van der Waals surface area (Å²) in [7, 11) is 0. The molecule has 0 radical (unpaired) electrons. The van der Waals surface area contributed by atoms with Crippen molar-refractivity contribution in [2.24, 2.45) is 0 Å². The van der Waals surface area contributed by atoms with Gasteiger partial charge in [-0.05, 0) is 48.9 Å². The Morgan fingerprint density at radius 1 is 0.969 bits per heavy atom. The highest BCUT2D eigenvalue weighted by molar-refractivity contribution is 5.94. The lowest BCUT2D eigenvalue weighted by molar-refractivity contribution is 0.0730. The fourth-order valence-corrected chi connectivity index (χ4v) is 3.85. The zero-order valence-corrected chi connectivity index (χ0v) is 18.0. The Kier molecular flexibility index (Phi) is 6.59. The average molecular weight is 434 g/mol. The normalized spacial score (nSPS) is 11.1. The van der Waals surface area contributed by atoms with E-state index in [-0.39, 0.29) is 12.1 Å². The number of carbonyl (C=O) groups is 1. The number of para-hydroxylation sites is 3. The van der Waals surface area contributed by atoms with Crippen LogP contribution >= 0.6 is 0 Å². The van der Waals surface area contributed by atoms with Gasteiger partial charge in [0, 0.05) is 12.2 Å². The first-order valence-corrected chi connectivity index (χ1v) is 10.8. The molecule has 0 fully saturated rings. The van der Waals surface area contributed by atoms with Crippen LogP contribution in [-0.4, -0.2) is 26.9 Å². The molecule has 0 atom stereocenters. The van der Waals surface area contributed by atoms with Crippen molar-refractivity contribution in [2.45, 2.75) is 32.7 Å². The summed E-state index contributed by atoms with van der Waals surface area (Å²) in [4.78, 5) is 19.6. The molecule has 4 aromatic rings. The minimum atomic E-state index is -0.728. The van der Waals surface area contributed by atoms with Crippen molar-refractivity contribution in [3.8, 4) is 5.69 Å². The van der Waals surface area contributed by atoms with Gasteiger partial charge < -0.3 is 4.90 Å². The smallest absolute Gasteiger partial charge is 0.257 e. The van der Waals surface area contributed by atoms with Gasteiger partial charge in [0.05, 0.1) is 23.1 Å². The second-order valence-electron chi connectivity index (χ2n) is 7.75. The van der Waals surface area contributed by atoms with E-state index in [2.05, 4.69) is 6.92 Å². The first-order valence-electron chi connectivity index (χ1n) is 10.8. The van der Waals surface area contributed by atoms with E-state index in [1.54, 1.807) is 4.90 Å². The Hall–Kier alpha value is -3.54. The van der Waals surface area contributed by atoms with Crippen LogP contribution in [0.2, 0.25) is 0 Å². The molecule has 1 aromatic heterocycles. The average Bonchev–Trinajstić information content (AvgIpc) is 3.18. The van der Waals surface area contributed by atoms with Crippen LogP contribution < -0.4 is 0 Å². The Morgan fingerprint density at radius 3 is 2.50 bits per heavy atom. The lowest BCUT2D eigenvalue weighted by Gasteiger charge is -2.23. The molecule has 0 unspecified atom stereocenters. The van der Waals surface area contributed by atoms with Gasteiger partial charge in [-0.25, -0.2) is 13.8 Å². The molecule has 32 heavy (non-hydrogen) atoms. The van der Waals surface area contributed by atoms with E-state index in [1.807, 2.05) is 59.2 Å². The highest BCUT2D eigenvalue weighted by atomic mass is 19.1. The number of nitrogens with zero attached hydrogens (tertiary/aromatic N) is 3. The van der Waals surface area contributed by atoms with E-state index in [9.17, 15) is 13.6 Å². The second kappa shape index (κ2) is 9.73. The number of fused-ring (bicyclic) bond motifs is 1. The number of halogens is 2. The first kappa shape index (κ1) is 21.7. The summed E-state index contributed by atoms with van der Waals surface area (Å²) in [6, 6.07) is 20.5. The van der Waals surface area contributed by atoms with Gasteiger partial charge >= 0.3 is 0 Å². The van der Waals surface area contributed by atoms with Crippen LogP contribution in [0.25, 0.3) is 16.7 Å². The van der Waals surface area contributed by atoms with E-state index in [0.29, 0.717) is 12.4 Å². The van der Waals surface area contributed by atoms with E-state index >= 15 is 0 Å². The third-order valence-corrected chi connectivity index (χ3v) is 5.45. The highest BCUT2D eigenvalue weighted by Gasteiger charge is 2.23. The predicted octanol–water partition coefficient (Wildman–Crippen LogP) is 6.14. The molecule has 0 bridgehead atoms. The minimum Gasteiger partial charge on any atom is -0.331 e.